The molecule has 26 nitrogen and oxygen atoms in total. The average Bonchev–Trinajstić information content (AvgIpc) is 0.888. The van der Waals surface area contributed by atoms with Crippen molar-refractivity contribution in [2.24, 2.45) is 33.8 Å². The summed E-state index contributed by atoms with van der Waals surface area (Å²) in [7, 11) is 0.232. The zero-order valence-corrected chi connectivity index (χ0v) is 93.1. The van der Waals surface area contributed by atoms with E-state index in [0.717, 1.165) is 120 Å². The number of anilines is 4. The molecule has 138 heavy (non-hydrogen) atoms. The molecule has 4 saturated carbocycles. The van der Waals surface area contributed by atoms with Crippen LogP contribution in [0.25, 0.3) is 0 Å². The number of carbonyl (C=O) groups is 4. The van der Waals surface area contributed by atoms with Crippen molar-refractivity contribution in [3.63, 3.8) is 0 Å². The Morgan fingerprint density at radius 1 is 0.601 bits per heavy atom. The number of aromatic nitrogens is 4. The Balaban J connectivity index is 0.000000314. The Labute approximate surface area is 880 Å². The molecule has 2 aliphatic heterocycles. The maximum Gasteiger partial charge on any atom is 2.00 e. The fourth-order valence-electron chi connectivity index (χ4n) is 15.3. The summed E-state index contributed by atoms with van der Waals surface area (Å²) < 4.78 is 97.7. The predicted molar refractivity (Wildman–Crippen MR) is 545 cm³/mol. The zero-order chi connectivity index (χ0) is 98.0. The first-order chi connectivity index (χ1) is 63.3. The summed E-state index contributed by atoms with van der Waals surface area (Å²) in [6.45, 7) is 30.4. The quantitative estimate of drug-likeness (QED) is 0.00382. The number of carbonyl (C=O) groups excluding carboxylic acids is 4. The minimum atomic E-state index is -1.47. The number of amides is 3. The molecule has 2 saturated heterocycles. The third-order valence-electron chi connectivity index (χ3n) is 24.5. The summed E-state index contributed by atoms with van der Waals surface area (Å²) in [4.78, 5) is 68.3. The van der Waals surface area contributed by atoms with Gasteiger partial charge in [-0.25, -0.2) is 35.6 Å². The van der Waals surface area contributed by atoms with Crippen LogP contribution in [0, 0.1) is 41.4 Å². The number of ether oxygens (including phenoxy) is 3. The molecule has 5 unspecified atom stereocenters. The summed E-state index contributed by atoms with van der Waals surface area (Å²) >= 11 is 0. The van der Waals surface area contributed by atoms with Crippen molar-refractivity contribution in [1.82, 2.24) is 39.6 Å². The first-order valence-electron chi connectivity index (χ1n) is 46.4. The van der Waals surface area contributed by atoms with Crippen molar-refractivity contribution in [2.45, 2.75) is 279 Å². The van der Waals surface area contributed by atoms with Crippen molar-refractivity contribution in [3.8, 4) is 0 Å². The molecule has 0 bridgehead atoms. The van der Waals surface area contributed by atoms with Crippen LogP contribution in [0.3, 0.4) is 0 Å². The number of methoxy groups -OCH3 is 2. The van der Waals surface area contributed by atoms with Gasteiger partial charge in [0.2, 0.25) is 11.8 Å². The fraction of sp³-hybridized carbons (Fsp3) is 0.520. The Hall–Kier alpha value is -6.79. The molecule has 746 valence electrons. The van der Waals surface area contributed by atoms with Crippen LogP contribution in [0.2, 0.25) is 19.6 Å². The Kier molecular flexibility index (Phi) is 49.3. The van der Waals surface area contributed by atoms with Gasteiger partial charge >= 0.3 is 58.7 Å². The number of benzene rings is 4. The van der Waals surface area contributed by atoms with Crippen molar-refractivity contribution in [3.05, 3.63) is 240 Å². The van der Waals surface area contributed by atoms with E-state index < -0.39 is 104 Å². The summed E-state index contributed by atoms with van der Waals surface area (Å²) in [5, 5.41) is 17.0. The van der Waals surface area contributed by atoms with Gasteiger partial charge in [0.25, 0.3) is 6.47 Å². The third-order valence-corrected chi connectivity index (χ3v) is 31.5. The smallest absolute Gasteiger partial charge is 1.00 e. The van der Waals surface area contributed by atoms with E-state index in [1.165, 1.54) is 68.4 Å². The van der Waals surface area contributed by atoms with Gasteiger partial charge in [0.15, 0.2) is 0 Å². The molecule has 6 fully saturated rings. The molecule has 0 spiro atoms. The largest absolute Gasteiger partial charge is 2.00 e. The minimum Gasteiger partial charge on any atom is -1.00 e. The average molecular weight is 2080 g/mol. The summed E-state index contributed by atoms with van der Waals surface area (Å²) in [5.74, 6) is 1.03. The molecular weight excluding hydrogens is 1940 g/mol. The summed E-state index contributed by atoms with van der Waals surface area (Å²) in [5.41, 5.74) is 19.5. The molecule has 14 rings (SSSR count). The number of halogens is 4. The van der Waals surface area contributed by atoms with Crippen LogP contribution in [0.1, 0.15) is 238 Å². The van der Waals surface area contributed by atoms with Crippen LogP contribution in [0.4, 0.5) is 36.3 Å². The van der Waals surface area contributed by atoms with E-state index >= 15 is 4.39 Å². The number of pyridine rings is 4. The molecular formula is C102H143BrClF2MgN14NaO12S3Si. The first kappa shape index (κ1) is 122. The molecule has 10 atom stereocenters. The van der Waals surface area contributed by atoms with E-state index in [0.29, 0.717) is 30.9 Å². The molecule has 36 heteroatoms. The van der Waals surface area contributed by atoms with Crippen molar-refractivity contribution >= 4 is 129 Å². The minimum absolute atomic E-state index is 0. The van der Waals surface area contributed by atoms with E-state index in [-0.39, 0.29) is 140 Å². The van der Waals surface area contributed by atoms with E-state index in [1.54, 1.807) is 102 Å². The SMILES string of the molecule is CC(C)(C)S(=O)N=C(CCC1CC1)c1ccncc1.CC(C)(C)S(=O)NC(CCC1CC1)(c1ccncc1)c1cccc(N)c1.CN(c1c[c-]ccc1)[Si](C)(C)C.CO[C@@H]1C[C@H](C(=O)Nc2cc(C(CCC3CC3)(N[S@](=O)C(C)(C)C)c3ccncc3)ccc2F)N(C(=O)OC(C)(C)C)C1.CO[C@H]1CN[C@@H](C(=O)Nc2cc(C(N)(CCC3CC3)c3ccncc3)ccc2F)C1.Cl.O=CO[O-].[Br-].[Mg+2].[Na+]. The monoisotopic (exact) mass is 2080 g/mol. The molecule has 4 aliphatic carbocycles. The van der Waals surface area contributed by atoms with Gasteiger partial charge in [0.1, 0.15) is 42.5 Å². The van der Waals surface area contributed by atoms with E-state index in [9.17, 15) is 31.4 Å². The van der Waals surface area contributed by atoms with Gasteiger partial charge in [-0.2, -0.15) is 34.7 Å². The van der Waals surface area contributed by atoms with E-state index in [4.69, 9.17) is 35.7 Å². The molecule has 4 aromatic carbocycles. The summed E-state index contributed by atoms with van der Waals surface area (Å²) in [6, 6.07) is 42.7. The maximum absolute atomic E-state index is 15.4. The number of nitrogens with two attached hydrogens (primary N) is 2. The molecule has 6 heterocycles. The van der Waals surface area contributed by atoms with Gasteiger partial charge in [-0.15, -0.1) is 12.4 Å². The number of nitrogens with zero attached hydrogens (tertiary/aromatic N) is 7. The van der Waals surface area contributed by atoms with Gasteiger partial charge in [-0.05, 0) is 295 Å². The number of nitrogen functional groups attached to an aromatic ring is 1. The number of hydrogen-bond donors (Lipinski definition) is 7. The Morgan fingerprint density at radius 3 is 1.46 bits per heavy atom. The summed E-state index contributed by atoms with van der Waals surface area (Å²) in [6.07, 6.45) is 31.1. The topological polar surface area (TPSA) is 362 Å². The molecule has 4 aromatic heterocycles. The van der Waals surface area contributed by atoms with E-state index in [1.807, 2.05) is 147 Å². The molecule has 3 amide bonds. The Bertz CT molecular complexity index is 5210. The number of likely N-dealkylation sites (tertiary alicyclic amines) is 1. The second-order valence-corrected chi connectivity index (χ2v) is 51.3. The number of rotatable bonds is 33. The van der Waals surface area contributed by atoms with Crippen molar-refractivity contribution < 1.29 is 111 Å². The van der Waals surface area contributed by atoms with Gasteiger partial charge < -0.3 is 73.3 Å². The predicted octanol–water partition coefficient (Wildman–Crippen LogP) is 11.5. The first-order valence-corrected chi connectivity index (χ1v) is 53.3. The van der Waals surface area contributed by atoms with Crippen molar-refractivity contribution in [1.29, 1.82) is 0 Å². The van der Waals surface area contributed by atoms with Crippen LogP contribution >= 0.6 is 12.4 Å². The number of nitrogens with one attached hydrogen (secondary N) is 5. The van der Waals surface area contributed by atoms with Crippen LogP contribution in [0.5, 0.6) is 0 Å². The fourth-order valence-corrected chi connectivity index (χ4v) is 18.8. The van der Waals surface area contributed by atoms with Crippen LogP contribution in [-0.2, 0) is 83.1 Å². The second-order valence-electron chi connectivity index (χ2n) is 40.5. The van der Waals surface area contributed by atoms with E-state index in [2.05, 4.69) is 104 Å². The third kappa shape index (κ3) is 37.7. The number of hydrogen-bond acceptors (Lipinski definition) is 20. The van der Waals surface area contributed by atoms with Crippen LogP contribution in [-0.4, -0.2) is 177 Å². The van der Waals surface area contributed by atoms with Gasteiger partial charge in [-0.1, -0.05) is 101 Å². The molecule has 9 N–H and O–H groups in total. The Morgan fingerprint density at radius 2 is 1.04 bits per heavy atom. The molecule has 6 aliphatic rings. The zero-order valence-electron chi connectivity index (χ0n) is 83.8. The maximum atomic E-state index is 15.4. The van der Waals surface area contributed by atoms with Crippen LogP contribution < -0.4 is 93.2 Å². The van der Waals surface area contributed by atoms with Gasteiger partial charge in [0, 0.05) is 82.4 Å². The van der Waals surface area contributed by atoms with Crippen molar-refractivity contribution in [2.75, 3.05) is 55.3 Å². The molecule has 0 radical (unpaired) electrons. The van der Waals surface area contributed by atoms with Gasteiger partial charge in [0.05, 0.1) is 94.7 Å². The van der Waals surface area contributed by atoms with Gasteiger partial charge in [-0.3, -0.25) is 39.2 Å². The normalized spacial score (nSPS) is 18.8. The standard InChI is InChI=1S/C32H45FN4O5S.C23H29FN4O2.C21H29N3OS.C15H22N2OS.C10H16NSi.CH2O3.BrH.ClH.Mg.Na/c1-30(2,3)42-29(39)37-20-24(41-7)19-27(37)28(38)35-26-18-23(10-11-25(26)33)32(15-12-21-8-9-21,22-13-16-34-17-14-22)36-43(40)31(4,5)6;1-30-18-13-21(27-14-18)22(29)28-20-12-17(4-5-19(20)24)23(25,9-6-15-2-3-15)16-7-10-26-11-8-16;1-20(2,3)26(25)24-21(12-9-16-7-8-16,17-10-13-23-14-11-17)18-5-4-6-19(22)15-18;1-15(2,3)19(18)17-14(7-6-12-4-5-12)13-8-10-16-11-9-13;1-11(12(2,3)4)10-8-6-5-7-9-10;2-1-4-3;;;;/h10-11,13-14,16-18,21,24,27,36H,8-9,12,15,19-20H2,1-7H3,(H,35,38);4-5,7-8,10-12,15,18,21,27H,2-3,6,9,13-14,25H2,1H3,(H,28,29);4-6,10-11,13-16,24H,7-9,12,22H2,1-3H3;8-12H,4-7H2,1-3H3;5-6,8-9H,1-4H3;1,3H;2*1H;;/q;;;;-1;;;;+2;+1/p-2/t24-,27-,32?,43-;18-,21-,23?;;;;;;;;/m11......../s1. The van der Waals surface area contributed by atoms with Crippen LogP contribution in [0.15, 0.2) is 187 Å². The molecule has 8 aromatic rings. The second kappa shape index (κ2) is 55.9.